The van der Waals surface area contributed by atoms with Crippen LogP contribution < -0.4 is 4.74 Å². The van der Waals surface area contributed by atoms with E-state index in [-0.39, 0.29) is 0 Å². The number of fused-ring (bicyclic) bond motifs is 7. The summed E-state index contributed by atoms with van der Waals surface area (Å²) in [6.45, 7) is 0. The summed E-state index contributed by atoms with van der Waals surface area (Å²) in [5.41, 5.74) is 4.66. The van der Waals surface area contributed by atoms with Gasteiger partial charge in [-0.25, -0.2) is 0 Å². The fourth-order valence-electron chi connectivity index (χ4n) is 5.40. The molecule has 0 bridgehead atoms. The number of aromatic nitrogens is 1. The van der Waals surface area contributed by atoms with E-state index in [1.165, 1.54) is 54.2 Å². The number of H-pyrrole nitrogens is 1. The third-order valence-corrected chi connectivity index (χ3v) is 6.89. The smallest absolute Gasteiger partial charge is 0.142 e. The number of rotatable bonds is 2. The predicted octanol–water partition coefficient (Wildman–Crippen LogP) is 8.46. The fourth-order valence-corrected chi connectivity index (χ4v) is 5.40. The van der Waals surface area contributed by atoms with Crippen molar-refractivity contribution in [3.63, 3.8) is 0 Å². The molecule has 1 N–H and O–H groups in total. The minimum atomic E-state index is 0.862. The van der Waals surface area contributed by atoms with Crippen molar-refractivity contribution >= 4 is 54.1 Å². The zero-order valence-corrected chi connectivity index (χ0v) is 18.2. The Labute approximate surface area is 191 Å². The van der Waals surface area contributed by atoms with Gasteiger partial charge in [-0.2, -0.15) is 0 Å². The lowest BCUT2D eigenvalue weighted by atomic mass is 9.90. The maximum atomic E-state index is 5.71. The van der Waals surface area contributed by atoms with Crippen molar-refractivity contribution < 1.29 is 4.74 Å². The molecule has 156 valence electrons. The first kappa shape index (κ1) is 18.3. The highest BCUT2D eigenvalue weighted by molar-refractivity contribution is 6.26. The van der Waals surface area contributed by atoms with Gasteiger partial charge >= 0.3 is 0 Å². The number of methoxy groups -OCH3 is 1. The molecule has 0 aliphatic heterocycles. The number of hydrogen-bond donors (Lipinski definition) is 1. The molecule has 0 aliphatic rings. The number of hydrogen-bond acceptors (Lipinski definition) is 1. The summed E-state index contributed by atoms with van der Waals surface area (Å²) in [4.78, 5) is 3.74. The highest BCUT2D eigenvalue weighted by atomic mass is 16.5. The van der Waals surface area contributed by atoms with Gasteiger partial charge in [-0.05, 0) is 50.0 Å². The van der Waals surface area contributed by atoms with E-state index in [0.29, 0.717) is 0 Å². The Kier molecular flexibility index (Phi) is 3.80. The van der Waals surface area contributed by atoms with Gasteiger partial charge < -0.3 is 9.72 Å². The van der Waals surface area contributed by atoms with Crippen LogP contribution in [0.4, 0.5) is 0 Å². The molecule has 0 fully saturated rings. The highest BCUT2D eigenvalue weighted by Crippen LogP contribution is 2.44. The first-order valence-corrected chi connectivity index (χ1v) is 11.2. The van der Waals surface area contributed by atoms with Crippen LogP contribution in [-0.2, 0) is 0 Å². The van der Waals surface area contributed by atoms with Gasteiger partial charge in [0.05, 0.1) is 18.1 Å². The van der Waals surface area contributed by atoms with Crippen LogP contribution in [0.5, 0.6) is 5.75 Å². The number of nitrogens with one attached hydrogen (secondary N) is 1. The third-order valence-electron chi connectivity index (χ3n) is 6.89. The Hall–Kier alpha value is -4.30. The normalized spacial score (nSPS) is 11.8. The average molecular weight is 424 g/mol. The summed E-state index contributed by atoms with van der Waals surface area (Å²) in [5, 5.41) is 9.95. The molecule has 33 heavy (non-hydrogen) atoms. The molecule has 6 aromatic carbocycles. The number of ether oxygens (including phenoxy) is 1. The zero-order chi connectivity index (χ0) is 21.9. The van der Waals surface area contributed by atoms with Crippen LogP contribution in [0, 0.1) is 0 Å². The first-order chi connectivity index (χ1) is 16.3. The Balaban J connectivity index is 1.77. The van der Waals surface area contributed by atoms with Gasteiger partial charge in [0.2, 0.25) is 0 Å². The van der Waals surface area contributed by atoms with Crippen LogP contribution in [0.2, 0.25) is 0 Å². The van der Waals surface area contributed by atoms with Crippen molar-refractivity contribution in [1.82, 2.24) is 4.98 Å². The molecule has 0 amide bonds. The van der Waals surface area contributed by atoms with Crippen LogP contribution >= 0.6 is 0 Å². The molecule has 0 unspecified atom stereocenters. The average Bonchev–Trinajstić information content (AvgIpc) is 3.25. The summed E-state index contributed by atoms with van der Waals surface area (Å²) < 4.78 is 5.71. The van der Waals surface area contributed by atoms with Gasteiger partial charge in [0.1, 0.15) is 5.75 Å². The quantitative estimate of drug-likeness (QED) is 0.277. The van der Waals surface area contributed by atoms with E-state index in [1.54, 1.807) is 7.11 Å². The van der Waals surface area contributed by atoms with E-state index in [1.807, 2.05) is 6.07 Å². The van der Waals surface area contributed by atoms with Gasteiger partial charge in [0, 0.05) is 16.3 Å². The molecule has 0 saturated carbocycles. The van der Waals surface area contributed by atoms with Crippen LogP contribution in [0.3, 0.4) is 0 Å². The molecule has 0 radical (unpaired) electrons. The summed E-state index contributed by atoms with van der Waals surface area (Å²) in [5.74, 6) is 0.862. The fraction of sp³-hybridized carbons (Fsp3) is 0.0323. The van der Waals surface area contributed by atoms with E-state index in [4.69, 9.17) is 4.74 Å². The zero-order valence-electron chi connectivity index (χ0n) is 18.2. The van der Waals surface area contributed by atoms with Crippen LogP contribution in [0.25, 0.3) is 65.3 Å². The molecule has 1 aromatic heterocycles. The molecule has 0 spiro atoms. The standard InChI is InChI=1S/C31H21NO/c1-33-28-15-7-14-25-27-18-26-22-12-5-3-9-20(22)16-17-24(26)29(31(27)32-30(25)28)23-13-6-10-19-8-2-4-11-21(19)23/h2-18,32H,1H3. The van der Waals surface area contributed by atoms with E-state index in [0.717, 1.165) is 16.8 Å². The maximum absolute atomic E-state index is 5.71. The van der Waals surface area contributed by atoms with E-state index < -0.39 is 0 Å². The summed E-state index contributed by atoms with van der Waals surface area (Å²) in [7, 11) is 1.73. The Morgan fingerprint density at radius 3 is 2.06 bits per heavy atom. The second kappa shape index (κ2) is 6.85. The molecule has 7 aromatic rings. The second-order valence-electron chi connectivity index (χ2n) is 8.59. The third kappa shape index (κ3) is 2.55. The van der Waals surface area contributed by atoms with Crippen molar-refractivity contribution in [3.05, 3.63) is 103 Å². The van der Waals surface area contributed by atoms with E-state index in [2.05, 4.69) is 102 Å². The van der Waals surface area contributed by atoms with Crippen molar-refractivity contribution in [1.29, 1.82) is 0 Å². The van der Waals surface area contributed by atoms with Crippen molar-refractivity contribution in [2.75, 3.05) is 7.11 Å². The lowest BCUT2D eigenvalue weighted by Gasteiger charge is -2.14. The molecule has 1 heterocycles. The first-order valence-electron chi connectivity index (χ1n) is 11.2. The molecule has 2 nitrogen and oxygen atoms in total. The number of benzene rings is 6. The van der Waals surface area contributed by atoms with Gasteiger partial charge in [-0.1, -0.05) is 91.0 Å². The minimum absolute atomic E-state index is 0.862. The molecule has 0 saturated heterocycles. The summed E-state index contributed by atoms with van der Waals surface area (Å²) in [6.07, 6.45) is 0. The van der Waals surface area contributed by atoms with Gasteiger partial charge in [0.25, 0.3) is 0 Å². The largest absolute Gasteiger partial charge is 0.495 e. The van der Waals surface area contributed by atoms with Crippen LogP contribution in [0.1, 0.15) is 0 Å². The Morgan fingerprint density at radius 1 is 0.515 bits per heavy atom. The lowest BCUT2D eigenvalue weighted by Crippen LogP contribution is -1.88. The molecule has 7 rings (SSSR count). The summed E-state index contributed by atoms with van der Waals surface area (Å²) >= 11 is 0. The number of aromatic amines is 1. The monoisotopic (exact) mass is 423 g/mol. The van der Waals surface area contributed by atoms with Crippen LogP contribution in [0.15, 0.2) is 103 Å². The Bertz CT molecular complexity index is 1850. The van der Waals surface area contributed by atoms with Gasteiger partial charge in [-0.3, -0.25) is 0 Å². The second-order valence-corrected chi connectivity index (χ2v) is 8.59. The molecular weight excluding hydrogens is 402 g/mol. The number of para-hydroxylation sites is 1. The van der Waals surface area contributed by atoms with Crippen molar-refractivity contribution in [2.24, 2.45) is 0 Å². The van der Waals surface area contributed by atoms with Gasteiger partial charge in [0.15, 0.2) is 0 Å². The lowest BCUT2D eigenvalue weighted by molar-refractivity contribution is 0.419. The maximum Gasteiger partial charge on any atom is 0.142 e. The summed E-state index contributed by atoms with van der Waals surface area (Å²) in [6, 6.07) is 37.0. The van der Waals surface area contributed by atoms with Crippen molar-refractivity contribution in [3.8, 4) is 16.9 Å². The molecule has 2 heteroatoms. The van der Waals surface area contributed by atoms with E-state index >= 15 is 0 Å². The predicted molar refractivity (Wildman–Crippen MR) is 140 cm³/mol. The Morgan fingerprint density at radius 2 is 1.21 bits per heavy atom. The molecule has 0 aliphatic carbocycles. The molecule has 0 atom stereocenters. The van der Waals surface area contributed by atoms with E-state index in [9.17, 15) is 0 Å². The SMILES string of the molecule is COc1cccc2c1[nH]c1c(-c3cccc4ccccc34)c3ccc4ccccc4c3cc12. The molecular formula is C31H21NO. The minimum Gasteiger partial charge on any atom is -0.495 e. The van der Waals surface area contributed by atoms with Crippen molar-refractivity contribution in [2.45, 2.75) is 0 Å². The highest BCUT2D eigenvalue weighted by Gasteiger charge is 2.18. The topological polar surface area (TPSA) is 25.0 Å². The van der Waals surface area contributed by atoms with Crippen LogP contribution in [-0.4, -0.2) is 12.1 Å². The van der Waals surface area contributed by atoms with Gasteiger partial charge in [-0.15, -0.1) is 0 Å².